The Hall–Kier alpha value is -3.43. The molecule has 0 bridgehead atoms. The number of carbonyl (C=O) groups is 1. The van der Waals surface area contributed by atoms with Crippen molar-refractivity contribution in [2.45, 2.75) is 39.0 Å². The molecule has 4 nitrogen and oxygen atoms in total. The zero-order chi connectivity index (χ0) is 26.4. The molecule has 0 radical (unpaired) electrons. The number of methoxy groups -OCH3 is 1. The number of rotatable bonds is 8. The molecule has 0 amide bonds. The van der Waals surface area contributed by atoms with E-state index in [-0.39, 0.29) is 28.9 Å². The van der Waals surface area contributed by atoms with E-state index < -0.39 is 42.7 Å². The Morgan fingerprint density at radius 3 is 2.17 bits per heavy atom. The van der Waals surface area contributed by atoms with Gasteiger partial charge < -0.3 is 14.6 Å². The third-order valence-electron chi connectivity index (χ3n) is 4.84. The summed E-state index contributed by atoms with van der Waals surface area (Å²) in [5, 5.41) is 10.9. The highest BCUT2D eigenvalue weighted by Gasteiger charge is 2.30. The zero-order valence-electron chi connectivity index (χ0n) is 19.2. The van der Waals surface area contributed by atoms with Crippen LogP contribution in [0.1, 0.15) is 52.9 Å². The van der Waals surface area contributed by atoms with Crippen LogP contribution in [-0.4, -0.2) is 31.0 Å². The number of alkyl halides is 6. The summed E-state index contributed by atoms with van der Waals surface area (Å²) in [7, 11) is 1.09. The molecule has 0 unspecified atom stereocenters. The second-order valence-electron chi connectivity index (χ2n) is 7.81. The van der Waals surface area contributed by atoms with Crippen molar-refractivity contribution >= 4 is 18.1 Å². The normalized spacial score (nSPS) is 12.0. The second-order valence-corrected chi connectivity index (χ2v) is 7.81. The van der Waals surface area contributed by atoms with Crippen LogP contribution in [0.4, 0.5) is 26.3 Å². The van der Waals surface area contributed by atoms with Crippen molar-refractivity contribution in [1.82, 2.24) is 0 Å². The summed E-state index contributed by atoms with van der Waals surface area (Å²) in [6.45, 7) is 2.84. The highest BCUT2D eigenvalue weighted by Crippen LogP contribution is 2.37. The van der Waals surface area contributed by atoms with E-state index in [1.165, 1.54) is 30.4 Å². The predicted molar refractivity (Wildman–Crippen MR) is 119 cm³/mol. The third-order valence-corrected chi connectivity index (χ3v) is 4.84. The maximum Gasteiger partial charge on any atom is 0.416 e. The van der Waals surface area contributed by atoms with Gasteiger partial charge in [-0.25, -0.2) is 4.79 Å². The second kappa shape index (κ2) is 11.3. The lowest BCUT2D eigenvalue weighted by Gasteiger charge is -2.17. The maximum absolute atomic E-state index is 12.8. The number of phenolic OH excluding ortho intramolecular Hbond substituents is 1. The lowest BCUT2D eigenvalue weighted by Crippen LogP contribution is -2.14. The van der Waals surface area contributed by atoms with Crippen LogP contribution in [0.5, 0.6) is 11.5 Å². The van der Waals surface area contributed by atoms with Crippen molar-refractivity contribution in [1.29, 1.82) is 0 Å². The Morgan fingerprint density at radius 2 is 1.66 bits per heavy atom. The summed E-state index contributed by atoms with van der Waals surface area (Å²) in [5.74, 6) is -1.50. The van der Waals surface area contributed by atoms with Gasteiger partial charge in [-0.05, 0) is 49.6 Å². The number of halogens is 6. The van der Waals surface area contributed by atoms with E-state index in [1.54, 1.807) is 19.9 Å². The van der Waals surface area contributed by atoms with Gasteiger partial charge in [0.2, 0.25) is 0 Å². The number of allylic oxidation sites excluding steroid dienone is 2. The monoisotopic (exact) mass is 502 g/mol. The molecule has 10 heteroatoms. The largest absolute Gasteiger partial charge is 0.507 e. The van der Waals surface area contributed by atoms with Crippen molar-refractivity contribution in [3.63, 3.8) is 0 Å². The van der Waals surface area contributed by atoms with Gasteiger partial charge >= 0.3 is 18.3 Å². The van der Waals surface area contributed by atoms with Crippen molar-refractivity contribution in [3.05, 3.63) is 69.8 Å². The van der Waals surface area contributed by atoms with Crippen LogP contribution in [0.2, 0.25) is 0 Å². The van der Waals surface area contributed by atoms with E-state index >= 15 is 0 Å². The first-order valence-corrected chi connectivity index (χ1v) is 10.4. The van der Waals surface area contributed by atoms with Crippen molar-refractivity contribution in [2.24, 2.45) is 0 Å². The van der Waals surface area contributed by atoms with Crippen LogP contribution in [0, 0.1) is 0 Å². The summed E-state index contributed by atoms with van der Waals surface area (Å²) < 4.78 is 86.3. The Morgan fingerprint density at radius 1 is 1.03 bits per heavy atom. The third kappa shape index (κ3) is 8.08. The summed E-state index contributed by atoms with van der Waals surface area (Å²) in [6.07, 6.45) is -5.71. The number of ether oxygens (including phenoxy) is 2. The Bertz CT molecular complexity index is 1090. The first kappa shape index (κ1) is 27.8. The van der Waals surface area contributed by atoms with Gasteiger partial charge in [0, 0.05) is 5.56 Å². The van der Waals surface area contributed by atoms with E-state index in [4.69, 9.17) is 9.47 Å². The smallest absolute Gasteiger partial charge is 0.416 e. The fourth-order valence-electron chi connectivity index (χ4n) is 3.03. The van der Waals surface area contributed by atoms with Crippen molar-refractivity contribution in [3.8, 4) is 11.5 Å². The minimum atomic E-state index is -4.50. The average Bonchev–Trinajstić information content (AvgIpc) is 2.75. The topological polar surface area (TPSA) is 55.8 Å². The average molecular weight is 502 g/mol. The van der Waals surface area contributed by atoms with E-state index in [0.717, 1.165) is 24.8 Å². The molecule has 1 N–H and O–H groups in total. The molecule has 2 rings (SSSR count). The number of benzene rings is 2. The van der Waals surface area contributed by atoms with Crippen LogP contribution < -0.4 is 4.74 Å². The maximum atomic E-state index is 12.8. The molecular formula is C25H24F6O4. The first-order chi connectivity index (χ1) is 16.2. The van der Waals surface area contributed by atoms with Crippen LogP contribution >= 0.6 is 0 Å². The molecule has 0 heterocycles. The fraction of sp³-hybridized carbons (Fsp3) is 0.320. The van der Waals surface area contributed by atoms with Crippen LogP contribution in [0.25, 0.3) is 12.2 Å². The zero-order valence-corrected chi connectivity index (χ0v) is 19.2. The Kier molecular flexibility index (Phi) is 9.00. The molecule has 0 fully saturated rings. The minimum absolute atomic E-state index is 0.0530. The van der Waals surface area contributed by atoms with Gasteiger partial charge in [-0.3, -0.25) is 0 Å². The number of hydrogen-bond acceptors (Lipinski definition) is 4. The SMILES string of the molecule is COC(=O)c1c(/C=C/c2ccc(C(F)(F)F)cc2)cc(OCCC(F)(F)F)c(CC=C(C)C)c1O. The van der Waals surface area contributed by atoms with Crippen LogP contribution in [-0.2, 0) is 17.3 Å². The molecule has 0 saturated carbocycles. The first-order valence-electron chi connectivity index (χ1n) is 10.4. The predicted octanol–water partition coefficient (Wildman–Crippen LogP) is 7.21. The molecule has 190 valence electrons. The summed E-state index contributed by atoms with van der Waals surface area (Å²) in [6, 6.07) is 5.47. The molecule has 0 aliphatic carbocycles. The summed E-state index contributed by atoms with van der Waals surface area (Å²) in [5.41, 5.74) is 0.262. The molecule has 0 aromatic heterocycles. The number of esters is 1. The van der Waals surface area contributed by atoms with Crippen LogP contribution in [0.3, 0.4) is 0 Å². The summed E-state index contributed by atoms with van der Waals surface area (Å²) >= 11 is 0. The number of phenols is 1. The van der Waals surface area contributed by atoms with E-state index in [1.807, 2.05) is 0 Å². The molecule has 2 aromatic carbocycles. The van der Waals surface area contributed by atoms with Gasteiger partial charge in [-0.15, -0.1) is 0 Å². The van der Waals surface area contributed by atoms with E-state index in [0.29, 0.717) is 5.56 Å². The fourth-order valence-corrected chi connectivity index (χ4v) is 3.03. The number of aromatic hydroxyl groups is 1. The van der Waals surface area contributed by atoms with E-state index in [9.17, 15) is 36.2 Å². The Balaban J connectivity index is 2.55. The van der Waals surface area contributed by atoms with Gasteiger partial charge in [0.1, 0.15) is 17.1 Å². The number of carbonyl (C=O) groups excluding carboxylic acids is 1. The van der Waals surface area contributed by atoms with Gasteiger partial charge in [-0.1, -0.05) is 35.9 Å². The van der Waals surface area contributed by atoms with Gasteiger partial charge in [0.15, 0.2) is 0 Å². The van der Waals surface area contributed by atoms with Gasteiger partial charge in [0.25, 0.3) is 0 Å². The molecule has 0 aliphatic rings. The van der Waals surface area contributed by atoms with Gasteiger partial charge in [0.05, 0.1) is 25.7 Å². The van der Waals surface area contributed by atoms with Crippen LogP contribution in [0.15, 0.2) is 42.0 Å². The lowest BCUT2D eigenvalue weighted by atomic mass is 9.97. The standard InChI is InChI=1S/C25H24F6O4/c1-15(2)4-11-19-20(35-13-12-24(26,27)28)14-17(21(22(19)32)23(33)34-3)8-5-16-6-9-18(10-7-16)25(29,30)31/h4-10,14,32H,11-13H2,1-3H3/b8-5+. The van der Waals surface area contributed by atoms with Crippen molar-refractivity contribution in [2.75, 3.05) is 13.7 Å². The summed E-state index contributed by atoms with van der Waals surface area (Å²) in [4.78, 5) is 12.4. The van der Waals surface area contributed by atoms with Crippen molar-refractivity contribution < 1.29 is 45.7 Å². The molecule has 0 atom stereocenters. The molecule has 2 aromatic rings. The van der Waals surface area contributed by atoms with E-state index in [2.05, 4.69) is 0 Å². The van der Waals surface area contributed by atoms with Gasteiger partial charge in [-0.2, -0.15) is 26.3 Å². The highest BCUT2D eigenvalue weighted by molar-refractivity contribution is 5.98. The molecule has 35 heavy (non-hydrogen) atoms. The lowest BCUT2D eigenvalue weighted by molar-refractivity contribution is -0.139. The molecule has 0 aliphatic heterocycles. The Labute approximate surface area is 198 Å². The molecule has 0 saturated heterocycles. The quantitative estimate of drug-likeness (QED) is 0.179. The highest BCUT2D eigenvalue weighted by atomic mass is 19.4. The molecular weight excluding hydrogens is 478 g/mol. The molecule has 0 spiro atoms. The minimum Gasteiger partial charge on any atom is -0.507 e. The number of hydrogen-bond donors (Lipinski definition) is 1.